The van der Waals surface area contributed by atoms with Crippen LogP contribution in [-0.4, -0.2) is 49.8 Å². The maximum atomic E-state index is 11.7. The third kappa shape index (κ3) is 4.18. The fourth-order valence-electron chi connectivity index (χ4n) is 1.90. The van der Waals surface area contributed by atoms with Crippen molar-refractivity contribution in [1.82, 2.24) is 15.6 Å². The lowest BCUT2D eigenvalue weighted by Crippen LogP contribution is -2.42. The van der Waals surface area contributed by atoms with Crippen molar-refractivity contribution in [3.63, 3.8) is 0 Å². The van der Waals surface area contributed by atoms with E-state index >= 15 is 0 Å². The van der Waals surface area contributed by atoms with Gasteiger partial charge in [-0.1, -0.05) is 0 Å². The maximum Gasteiger partial charge on any atom is 0.269 e. The van der Waals surface area contributed by atoms with Crippen molar-refractivity contribution in [2.24, 2.45) is 0 Å². The van der Waals surface area contributed by atoms with Crippen LogP contribution in [0.25, 0.3) is 0 Å². The molecule has 0 bridgehead atoms. The van der Waals surface area contributed by atoms with Crippen molar-refractivity contribution in [2.75, 3.05) is 38.1 Å². The number of carbonyl (C=O) groups is 1. The minimum atomic E-state index is -0.151. The molecule has 1 saturated heterocycles. The van der Waals surface area contributed by atoms with E-state index < -0.39 is 0 Å². The van der Waals surface area contributed by atoms with E-state index in [1.165, 1.54) is 0 Å². The molecule has 6 heteroatoms. The molecule has 1 fully saturated rings. The van der Waals surface area contributed by atoms with Gasteiger partial charge in [-0.3, -0.25) is 9.78 Å². The quantitative estimate of drug-likeness (QED) is 0.710. The Labute approximate surface area is 112 Å². The predicted octanol–water partition coefficient (Wildman–Crippen LogP) is 0.232. The van der Waals surface area contributed by atoms with Crippen molar-refractivity contribution in [2.45, 2.75) is 13.0 Å². The summed E-state index contributed by atoms with van der Waals surface area (Å²) in [5.41, 5.74) is 1.31. The number of hydrogen-bond acceptors (Lipinski definition) is 5. The lowest BCUT2D eigenvalue weighted by molar-refractivity contribution is 0.0372. The second-order valence-electron chi connectivity index (χ2n) is 4.37. The van der Waals surface area contributed by atoms with Crippen LogP contribution in [0.4, 0.5) is 5.69 Å². The molecule has 19 heavy (non-hydrogen) atoms. The number of hydrogen-bond donors (Lipinski definition) is 3. The number of amides is 1. The molecule has 3 N–H and O–H groups in total. The number of morpholine rings is 1. The van der Waals surface area contributed by atoms with Crippen LogP contribution in [0.2, 0.25) is 0 Å². The van der Waals surface area contributed by atoms with Crippen molar-refractivity contribution >= 4 is 11.6 Å². The second kappa shape index (κ2) is 7.06. The number of anilines is 1. The molecule has 1 amide bonds. The fraction of sp³-hybridized carbons (Fsp3) is 0.538. The van der Waals surface area contributed by atoms with Crippen LogP contribution in [0.5, 0.6) is 0 Å². The zero-order valence-corrected chi connectivity index (χ0v) is 11.1. The number of rotatable bonds is 5. The van der Waals surface area contributed by atoms with Crippen LogP contribution in [0, 0.1) is 0 Å². The third-order valence-corrected chi connectivity index (χ3v) is 2.87. The van der Waals surface area contributed by atoms with Gasteiger partial charge in [-0.2, -0.15) is 0 Å². The summed E-state index contributed by atoms with van der Waals surface area (Å²) in [5.74, 6) is -0.151. The fourth-order valence-corrected chi connectivity index (χ4v) is 1.90. The summed E-state index contributed by atoms with van der Waals surface area (Å²) >= 11 is 0. The smallest absolute Gasteiger partial charge is 0.269 e. The standard InChI is InChI=1S/C13H20N4O2/c1-2-15-13(18)12-7-10(3-4-16-12)17-9-11-8-14-5-6-19-11/h3-4,7,11,14H,2,5-6,8-9H2,1H3,(H,15,18)(H,16,17). The Morgan fingerprint density at radius 2 is 2.53 bits per heavy atom. The summed E-state index contributed by atoms with van der Waals surface area (Å²) in [4.78, 5) is 15.7. The number of carbonyl (C=O) groups excluding carboxylic acids is 1. The Kier molecular flexibility index (Phi) is 5.11. The molecule has 104 valence electrons. The zero-order valence-electron chi connectivity index (χ0n) is 11.1. The van der Waals surface area contributed by atoms with Crippen LogP contribution in [0.15, 0.2) is 18.3 Å². The normalized spacial score (nSPS) is 18.9. The highest BCUT2D eigenvalue weighted by Gasteiger charge is 2.13. The SMILES string of the molecule is CCNC(=O)c1cc(NCC2CNCCO2)ccn1. The number of nitrogens with one attached hydrogen (secondary N) is 3. The Morgan fingerprint density at radius 3 is 3.26 bits per heavy atom. The first-order chi connectivity index (χ1) is 9.29. The molecule has 0 radical (unpaired) electrons. The maximum absolute atomic E-state index is 11.7. The van der Waals surface area contributed by atoms with Gasteiger partial charge in [-0.15, -0.1) is 0 Å². The molecule has 1 aliphatic rings. The van der Waals surface area contributed by atoms with E-state index in [0.717, 1.165) is 25.4 Å². The molecule has 1 aromatic heterocycles. The first kappa shape index (κ1) is 13.8. The number of ether oxygens (including phenoxy) is 1. The minimum Gasteiger partial charge on any atom is -0.382 e. The van der Waals surface area contributed by atoms with Gasteiger partial charge in [0.25, 0.3) is 5.91 Å². The highest BCUT2D eigenvalue weighted by Crippen LogP contribution is 2.09. The molecular weight excluding hydrogens is 244 g/mol. The molecule has 1 aliphatic heterocycles. The van der Waals surface area contributed by atoms with Crippen molar-refractivity contribution in [3.05, 3.63) is 24.0 Å². The largest absolute Gasteiger partial charge is 0.382 e. The predicted molar refractivity (Wildman–Crippen MR) is 73.3 cm³/mol. The molecule has 0 aromatic carbocycles. The Bertz CT molecular complexity index is 419. The van der Waals surface area contributed by atoms with Crippen LogP contribution in [-0.2, 0) is 4.74 Å². The van der Waals surface area contributed by atoms with Crippen LogP contribution >= 0.6 is 0 Å². The zero-order chi connectivity index (χ0) is 13.5. The topological polar surface area (TPSA) is 75.3 Å². The van der Waals surface area contributed by atoms with E-state index in [9.17, 15) is 4.79 Å². The van der Waals surface area contributed by atoms with Crippen LogP contribution in [0.3, 0.4) is 0 Å². The lowest BCUT2D eigenvalue weighted by Gasteiger charge is -2.24. The van der Waals surface area contributed by atoms with Gasteiger partial charge in [0.05, 0.1) is 12.7 Å². The van der Waals surface area contributed by atoms with Gasteiger partial charge < -0.3 is 20.7 Å². The Hall–Kier alpha value is -1.66. The molecular formula is C13H20N4O2. The molecule has 0 spiro atoms. The van der Waals surface area contributed by atoms with Gasteiger partial charge >= 0.3 is 0 Å². The summed E-state index contributed by atoms with van der Waals surface area (Å²) in [7, 11) is 0. The number of aromatic nitrogens is 1. The molecule has 0 saturated carbocycles. The van der Waals surface area contributed by atoms with Gasteiger partial charge in [-0.05, 0) is 19.1 Å². The summed E-state index contributed by atoms with van der Waals surface area (Å²) in [6.07, 6.45) is 1.79. The third-order valence-electron chi connectivity index (χ3n) is 2.87. The highest BCUT2D eigenvalue weighted by atomic mass is 16.5. The Morgan fingerprint density at radius 1 is 1.63 bits per heavy atom. The highest BCUT2D eigenvalue weighted by molar-refractivity contribution is 5.93. The van der Waals surface area contributed by atoms with E-state index in [2.05, 4.69) is 20.9 Å². The van der Waals surface area contributed by atoms with Crippen LogP contribution in [0.1, 0.15) is 17.4 Å². The summed E-state index contributed by atoms with van der Waals surface area (Å²) < 4.78 is 5.60. The summed E-state index contributed by atoms with van der Waals surface area (Å²) in [5, 5.41) is 9.27. The van der Waals surface area contributed by atoms with E-state index in [4.69, 9.17) is 4.74 Å². The van der Waals surface area contributed by atoms with Crippen LogP contribution < -0.4 is 16.0 Å². The van der Waals surface area contributed by atoms with Crippen molar-refractivity contribution in [3.8, 4) is 0 Å². The van der Waals surface area contributed by atoms with E-state index in [1.807, 2.05) is 13.0 Å². The minimum absolute atomic E-state index is 0.151. The van der Waals surface area contributed by atoms with Crippen molar-refractivity contribution in [1.29, 1.82) is 0 Å². The molecule has 0 aliphatic carbocycles. The van der Waals surface area contributed by atoms with E-state index in [-0.39, 0.29) is 12.0 Å². The second-order valence-corrected chi connectivity index (χ2v) is 4.37. The van der Waals surface area contributed by atoms with E-state index in [1.54, 1.807) is 12.3 Å². The molecule has 1 atom stereocenters. The number of pyridine rings is 1. The number of nitrogens with zero attached hydrogens (tertiary/aromatic N) is 1. The molecule has 6 nitrogen and oxygen atoms in total. The molecule has 1 unspecified atom stereocenters. The van der Waals surface area contributed by atoms with Gasteiger partial charge in [-0.25, -0.2) is 0 Å². The van der Waals surface area contributed by atoms with Gasteiger partial charge in [0.15, 0.2) is 0 Å². The van der Waals surface area contributed by atoms with Crippen molar-refractivity contribution < 1.29 is 9.53 Å². The summed E-state index contributed by atoms with van der Waals surface area (Å²) in [6.45, 7) is 5.69. The van der Waals surface area contributed by atoms with Gasteiger partial charge in [0.2, 0.25) is 0 Å². The molecule has 2 rings (SSSR count). The van der Waals surface area contributed by atoms with Gasteiger partial charge in [0, 0.05) is 38.1 Å². The summed E-state index contributed by atoms with van der Waals surface area (Å²) in [6, 6.07) is 3.60. The first-order valence-electron chi connectivity index (χ1n) is 6.60. The lowest BCUT2D eigenvalue weighted by atomic mass is 10.2. The average molecular weight is 264 g/mol. The first-order valence-corrected chi connectivity index (χ1v) is 6.60. The van der Waals surface area contributed by atoms with E-state index in [0.29, 0.717) is 18.8 Å². The van der Waals surface area contributed by atoms with Gasteiger partial charge in [0.1, 0.15) is 5.69 Å². The monoisotopic (exact) mass is 264 g/mol. The molecule has 2 heterocycles. The average Bonchev–Trinajstić information content (AvgIpc) is 2.47. The molecule has 1 aromatic rings. The Balaban J connectivity index is 1.89.